The zero-order valence-electron chi connectivity index (χ0n) is 10.5. The Labute approximate surface area is 116 Å². The first-order valence-corrected chi connectivity index (χ1v) is 5.82. The van der Waals surface area contributed by atoms with Crippen molar-refractivity contribution in [2.75, 3.05) is 5.73 Å². The highest BCUT2D eigenvalue weighted by Crippen LogP contribution is 2.38. The maximum absolute atomic E-state index is 13.8. The van der Waals surface area contributed by atoms with Crippen molar-refractivity contribution in [3.05, 3.63) is 59.2 Å². The fourth-order valence-corrected chi connectivity index (χ4v) is 1.69. The Morgan fingerprint density at radius 1 is 1.00 bits per heavy atom. The molecule has 2 aromatic carbocycles. The summed E-state index contributed by atoms with van der Waals surface area (Å²) < 4.78 is 70.2. The summed E-state index contributed by atoms with van der Waals surface area (Å²) in [6, 6.07) is 8.45. The lowest BCUT2D eigenvalue weighted by Crippen LogP contribution is -2.12. The fraction of sp³-hybridized carbons (Fsp3) is 0.143. The second-order valence-corrected chi connectivity index (χ2v) is 4.24. The molecule has 2 nitrogen and oxygen atoms in total. The lowest BCUT2D eigenvalue weighted by molar-refractivity contribution is -0.140. The second kappa shape index (κ2) is 5.59. The topological polar surface area (TPSA) is 35.2 Å². The van der Waals surface area contributed by atoms with Crippen molar-refractivity contribution < 1.29 is 26.7 Å². The molecule has 0 saturated carbocycles. The third-order valence-electron chi connectivity index (χ3n) is 2.72. The summed E-state index contributed by atoms with van der Waals surface area (Å²) in [6.45, 7) is -0.282. The molecule has 0 unspecified atom stereocenters. The van der Waals surface area contributed by atoms with Crippen LogP contribution in [0.5, 0.6) is 5.75 Å². The van der Waals surface area contributed by atoms with Crippen LogP contribution in [0.4, 0.5) is 27.6 Å². The van der Waals surface area contributed by atoms with E-state index < -0.39 is 34.8 Å². The van der Waals surface area contributed by atoms with Crippen molar-refractivity contribution in [1.29, 1.82) is 0 Å². The monoisotopic (exact) mass is 303 g/mol. The van der Waals surface area contributed by atoms with Gasteiger partial charge >= 0.3 is 6.18 Å². The van der Waals surface area contributed by atoms with Gasteiger partial charge in [-0.05, 0) is 11.6 Å². The highest BCUT2D eigenvalue weighted by atomic mass is 19.4. The summed E-state index contributed by atoms with van der Waals surface area (Å²) in [7, 11) is 0. The van der Waals surface area contributed by atoms with Gasteiger partial charge in [0.1, 0.15) is 6.61 Å². The number of benzene rings is 2. The van der Waals surface area contributed by atoms with Gasteiger partial charge in [-0.3, -0.25) is 0 Å². The Morgan fingerprint density at radius 2 is 1.62 bits per heavy atom. The molecule has 0 aliphatic carbocycles. The molecule has 0 saturated heterocycles. The molecule has 0 heterocycles. The number of anilines is 1. The van der Waals surface area contributed by atoms with Crippen molar-refractivity contribution in [2.24, 2.45) is 0 Å². The number of hydrogen-bond acceptors (Lipinski definition) is 2. The van der Waals surface area contributed by atoms with Crippen LogP contribution in [0.2, 0.25) is 0 Å². The Kier molecular flexibility index (Phi) is 4.02. The van der Waals surface area contributed by atoms with Gasteiger partial charge in [-0.15, -0.1) is 0 Å². The zero-order valence-corrected chi connectivity index (χ0v) is 10.5. The van der Waals surface area contributed by atoms with Crippen LogP contribution in [0, 0.1) is 11.6 Å². The van der Waals surface area contributed by atoms with E-state index in [0.29, 0.717) is 5.56 Å². The predicted molar refractivity (Wildman–Crippen MR) is 66.5 cm³/mol. The highest BCUT2D eigenvalue weighted by molar-refractivity contribution is 5.51. The van der Waals surface area contributed by atoms with Gasteiger partial charge in [-0.1, -0.05) is 30.3 Å². The second-order valence-electron chi connectivity index (χ2n) is 4.24. The maximum atomic E-state index is 13.8. The lowest BCUT2D eigenvalue weighted by atomic mass is 10.1. The summed E-state index contributed by atoms with van der Waals surface area (Å²) in [5, 5.41) is 0. The molecule has 0 radical (unpaired) electrons. The van der Waals surface area contributed by atoms with Crippen molar-refractivity contribution in [3.63, 3.8) is 0 Å². The number of hydrogen-bond donors (Lipinski definition) is 1. The number of rotatable bonds is 3. The molecule has 2 aromatic rings. The maximum Gasteiger partial charge on any atom is 0.419 e. The minimum Gasteiger partial charge on any atom is -0.483 e. The molecule has 0 amide bonds. The quantitative estimate of drug-likeness (QED) is 0.683. The Bertz CT molecular complexity index is 640. The van der Waals surface area contributed by atoms with Gasteiger partial charge in [0.05, 0.1) is 11.3 Å². The van der Waals surface area contributed by atoms with E-state index in [9.17, 15) is 22.0 Å². The van der Waals surface area contributed by atoms with Crippen LogP contribution in [0.25, 0.3) is 0 Å². The van der Waals surface area contributed by atoms with Crippen LogP contribution in [-0.4, -0.2) is 0 Å². The van der Waals surface area contributed by atoms with Gasteiger partial charge in [-0.25, -0.2) is 8.78 Å². The first kappa shape index (κ1) is 15.1. The van der Waals surface area contributed by atoms with Gasteiger partial charge in [0.25, 0.3) is 0 Å². The van der Waals surface area contributed by atoms with Crippen LogP contribution in [0.1, 0.15) is 11.1 Å². The van der Waals surface area contributed by atoms with Crippen LogP contribution in [0.3, 0.4) is 0 Å². The third-order valence-corrected chi connectivity index (χ3v) is 2.72. The van der Waals surface area contributed by atoms with E-state index >= 15 is 0 Å². The van der Waals surface area contributed by atoms with Crippen LogP contribution in [0.15, 0.2) is 36.4 Å². The smallest absolute Gasteiger partial charge is 0.419 e. The Balaban J connectivity index is 2.36. The molecule has 0 aliphatic rings. The number of ether oxygens (including phenoxy) is 1. The summed E-state index contributed by atoms with van der Waals surface area (Å²) in [5.74, 6) is -4.30. The molecule has 2 rings (SSSR count). The number of alkyl halides is 3. The van der Waals surface area contributed by atoms with Crippen molar-refractivity contribution in [2.45, 2.75) is 12.8 Å². The average Bonchev–Trinajstić information content (AvgIpc) is 2.42. The normalized spacial score (nSPS) is 11.5. The number of nitrogens with two attached hydrogens (primary N) is 1. The van der Waals surface area contributed by atoms with Crippen molar-refractivity contribution >= 4 is 5.69 Å². The summed E-state index contributed by atoms with van der Waals surface area (Å²) in [4.78, 5) is 0. The van der Waals surface area contributed by atoms with Gasteiger partial charge < -0.3 is 10.5 Å². The molecule has 21 heavy (non-hydrogen) atoms. The molecule has 0 bridgehead atoms. The van der Waals surface area contributed by atoms with E-state index in [4.69, 9.17) is 10.5 Å². The molecule has 112 valence electrons. The molecular weight excluding hydrogens is 293 g/mol. The molecule has 7 heteroatoms. The number of nitrogen functional groups attached to an aromatic ring is 1. The largest absolute Gasteiger partial charge is 0.483 e. The van der Waals surface area contributed by atoms with Gasteiger partial charge in [-0.2, -0.15) is 13.2 Å². The summed E-state index contributed by atoms with van der Waals surface area (Å²) in [6.07, 6.45) is -4.99. The van der Waals surface area contributed by atoms with Gasteiger partial charge in [0.2, 0.25) is 0 Å². The van der Waals surface area contributed by atoms with E-state index in [0.717, 1.165) is 0 Å². The first-order valence-electron chi connectivity index (χ1n) is 5.82. The van der Waals surface area contributed by atoms with E-state index in [-0.39, 0.29) is 12.7 Å². The molecular formula is C14H10F5NO. The van der Waals surface area contributed by atoms with E-state index in [1.54, 1.807) is 30.3 Å². The summed E-state index contributed by atoms with van der Waals surface area (Å²) in [5.41, 5.74) is 3.19. The first-order chi connectivity index (χ1) is 9.80. The van der Waals surface area contributed by atoms with Crippen molar-refractivity contribution in [1.82, 2.24) is 0 Å². The zero-order chi connectivity index (χ0) is 15.6. The Morgan fingerprint density at radius 3 is 2.19 bits per heavy atom. The minimum atomic E-state index is -4.99. The molecule has 0 fully saturated rings. The minimum absolute atomic E-state index is 0.208. The fourth-order valence-electron chi connectivity index (χ4n) is 1.69. The molecule has 0 aromatic heterocycles. The molecule has 2 N–H and O–H groups in total. The van der Waals surface area contributed by atoms with E-state index in [1.807, 2.05) is 0 Å². The highest BCUT2D eigenvalue weighted by Gasteiger charge is 2.37. The molecule has 0 atom stereocenters. The van der Waals surface area contributed by atoms with Crippen molar-refractivity contribution in [3.8, 4) is 5.75 Å². The summed E-state index contributed by atoms with van der Waals surface area (Å²) >= 11 is 0. The van der Waals surface area contributed by atoms with E-state index in [1.165, 1.54) is 0 Å². The number of halogens is 5. The standard InChI is InChI=1S/C14H10F5NO/c15-11-9(14(17,18)19)6-10(20)12(16)13(11)21-7-8-4-2-1-3-5-8/h1-6H,7,20H2. The van der Waals surface area contributed by atoms with Gasteiger partial charge in [0, 0.05) is 0 Å². The average molecular weight is 303 g/mol. The molecule has 0 spiro atoms. The third kappa shape index (κ3) is 3.24. The molecule has 0 aliphatic heterocycles. The van der Waals surface area contributed by atoms with Crippen LogP contribution >= 0.6 is 0 Å². The van der Waals surface area contributed by atoms with Gasteiger partial charge in [0.15, 0.2) is 17.4 Å². The van der Waals surface area contributed by atoms with E-state index in [2.05, 4.69) is 0 Å². The van der Waals surface area contributed by atoms with Crippen LogP contribution in [-0.2, 0) is 12.8 Å². The SMILES string of the molecule is Nc1cc(C(F)(F)F)c(F)c(OCc2ccccc2)c1F. The Hall–Kier alpha value is -2.31. The van der Waals surface area contributed by atoms with Crippen LogP contribution < -0.4 is 10.5 Å². The lowest BCUT2D eigenvalue weighted by Gasteiger charge is -2.14. The predicted octanol–water partition coefficient (Wildman–Crippen LogP) is 4.14.